The fraction of sp³-hybridized carbons (Fsp3) is 0.211. The molecule has 1 heterocycles. The number of sulfonamides is 1. The van der Waals surface area contributed by atoms with Crippen LogP contribution in [0.3, 0.4) is 0 Å². The third kappa shape index (κ3) is 7.64. The zero-order valence-corrected chi connectivity index (χ0v) is 18.2. The fourth-order valence-corrected chi connectivity index (χ4v) is 3.23. The van der Waals surface area contributed by atoms with Crippen molar-refractivity contribution in [1.82, 2.24) is 20.3 Å². The molecule has 176 valence electrons. The average molecular weight is 479 g/mol. The molecule has 0 atom stereocenters. The SMILES string of the molecule is COCCNC(=O)c1ccc(S(=O)(=O)NC(=O)c2ccc(OC(=O)NC(=O)CN)nc2)cc1. The molecule has 14 heteroatoms. The summed E-state index contributed by atoms with van der Waals surface area (Å²) in [6, 6.07) is 7.25. The Morgan fingerprint density at radius 2 is 1.67 bits per heavy atom. The second-order valence-corrected chi connectivity index (χ2v) is 7.92. The van der Waals surface area contributed by atoms with Gasteiger partial charge in [-0.1, -0.05) is 0 Å². The lowest BCUT2D eigenvalue weighted by Crippen LogP contribution is -2.37. The molecule has 4 amide bonds. The first kappa shape index (κ1) is 25.4. The first-order valence-corrected chi connectivity index (χ1v) is 10.8. The Labute approximate surface area is 188 Å². The largest absolute Gasteiger partial charge is 0.420 e. The van der Waals surface area contributed by atoms with E-state index in [1.807, 2.05) is 10.0 Å². The molecule has 0 bridgehead atoms. The molecule has 13 nitrogen and oxygen atoms in total. The van der Waals surface area contributed by atoms with Crippen LogP contribution in [0, 0.1) is 0 Å². The highest BCUT2D eigenvalue weighted by molar-refractivity contribution is 7.90. The van der Waals surface area contributed by atoms with Gasteiger partial charge >= 0.3 is 6.09 Å². The highest BCUT2D eigenvalue weighted by Gasteiger charge is 2.20. The number of benzene rings is 1. The normalized spacial score (nSPS) is 10.7. The monoisotopic (exact) mass is 479 g/mol. The van der Waals surface area contributed by atoms with Crippen molar-refractivity contribution in [2.75, 3.05) is 26.8 Å². The van der Waals surface area contributed by atoms with Crippen LogP contribution in [0.1, 0.15) is 20.7 Å². The number of carbonyl (C=O) groups is 4. The van der Waals surface area contributed by atoms with Gasteiger partial charge in [-0.15, -0.1) is 0 Å². The predicted molar refractivity (Wildman–Crippen MR) is 113 cm³/mol. The number of imide groups is 1. The molecule has 0 saturated heterocycles. The molecule has 0 aliphatic rings. The summed E-state index contributed by atoms with van der Waals surface area (Å²) in [5.74, 6) is -2.40. The van der Waals surface area contributed by atoms with Crippen molar-refractivity contribution >= 4 is 33.8 Å². The van der Waals surface area contributed by atoms with E-state index in [2.05, 4.69) is 10.3 Å². The molecule has 0 spiro atoms. The van der Waals surface area contributed by atoms with Gasteiger partial charge in [0, 0.05) is 31.5 Å². The van der Waals surface area contributed by atoms with Crippen LogP contribution in [0.15, 0.2) is 47.5 Å². The Hall–Kier alpha value is -3.88. The Morgan fingerprint density at radius 1 is 1.00 bits per heavy atom. The van der Waals surface area contributed by atoms with Gasteiger partial charge in [0.05, 0.1) is 23.6 Å². The third-order valence-corrected chi connectivity index (χ3v) is 5.22. The van der Waals surface area contributed by atoms with Crippen LogP contribution >= 0.6 is 0 Å². The fourth-order valence-electron chi connectivity index (χ4n) is 2.25. The number of hydrogen-bond acceptors (Lipinski definition) is 10. The number of nitrogens with two attached hydrogens (primary N) is 1. The van der Waals surface area contributed by atoms with Gasteiger partial charge in [-0.3, -0.25) is 19.7 Å². The van der Waals surface area contributed by atoms with E-state index < -0.39 is 40.4 Å². The Kier molecular flexibility index (Phi) is 8.97. The number of methoxy groups -OCH3 is 1. The van der Waals surface area contributed by atoms with Gasteiger partial charge in [0.25, 0.3) is 21.8 Å². The molecule has 5 N–H and O–H groups in total. The molecule has 2 rings (SSSR count). The van der Waals surface area contributed by atoms with Gasteiger partial charge in [0.15, 0.2) is 0 Å². The highest BCUT2D eigenvalue weighted by Crippen LogP contribution is 2.13. The number of hydrogen-bond donors (Lipinski definition) is 4. The van der Waals surface area contributed by atoms with Crippen molar-refractivity contribution < 1.29 is 37.1 Å². The van der Waals surface area contributed by atoms with Gasteiger partial charge in [-0.2, -0.15) is 0 Å². The van der Waals surface area contributed by atoms with Crippen LogP contribution in [0.4, 0.5) is 4.79 Å². The first-order chi connectivity index (χ1) is 15.7. The predicted octanol–water partition coefficient (Wildman–Crippen LogP) is -0.850. The Bertz CT molecular complexity index is 1120. The molecule has 2 aromatic rings. The lowest BCUT2D eigenvalue weighted by Gasteiger charge is -2.09. The van der Waals surface area contributed by atoms with Crippen molar-refractivity contribution in [3.63, 3.8) is 0 Å². The standard InChI is InChI=1S/C19H21N5O8S/c1-31-9-8-21-17(26)12-2-5-14(6-3-12)33(29,30)24-18(27)13-4-7-16(22-11-13)32-19(28)23-15(25)10-20/h2-7,11H,8-10,20H2,1H3,(H,21,26)(H,24,27)(H,23,25,28). The van der Waals surface area contributed by atoms with E-state index in [1.54, 1.807) is 0 Å². The minimum Gasteiger partial charge on any atom is -0.391 e. The molecule has 1 aromatic heterocycles. The summed E-state index contributed by atoms with van der Waals surface area (Å²) in [4.78, 5) is 50.2. The molecule has 0 fully saturated rings. The third-order valence-electron chi connectivity index (χ3n) is 3.87. The van der Waals surface area contributed by atoms with Crippen LogP contribution in [0.5, 0.6) is 5.88 Å². The number of amides is 4. The lowest BCUT2D eigenvalue weighted by atomic mass is 10.2. The van der Waals surface area contributed by atoms with E-state index in [1.165, 1.54) is 37.4 Å². The smallest absolute Gasteiger partial charge is 0.391 e. The summed E-state index contributed by atoms with van der Waals surface area (Å²) in [5.41, 5.74) is 5.14. The highest BCUT2D eigenvalue weighted by atomic mass is 32.2. The van der Waals surface area contributed by atoms with Crippen LogP contribution in [-0.2, 0) is 19.6 Å². The minimum atomic E-state index is -4.24. The molecule has 0 aliphatic heterocycles. The van der Waals surface area contributed by atoms with E-state index in [4.69, 9.17) is 15.2 Å². The van der Waals surface area contributed by atoms with E-state index in [-0.39, 0.29) is 21.9 Å². The zero-order chi connectivity index (χ0) is 24.4. The van der Waals surface area contributed by atoms with Crippen molar-refractivity contribution in [3.8, 4) is 5.88 Å². The summed E-state index contributed by atoms with van der Waals surface area (Å²) in [6.07, 6.45) is -0.139. The van der Waals surface area contributed by atoms with Crippen LogP contribution in [0.25, 0.3) is 0 Å². The van der Waals surface area contributed by atoms with Gasteiger partial charge < -0.3 is 20.5 Å². The summed E-state index contributed by atoms with van der Waals surface area (Å²) >= 11 is 0. The van der Waals surface area contributed by atoms with Crippen molar-refractivity contribution in [2.24, 2.45) is 5.73 Å². The quantitative estimate of drug-likeness (QED) is 0.329. The van der Waals surface area contributed by atoms with Gasteiger partial charge in [-0.25, -0.2) is 22.9 Å². The summed E-state index contributed by atoms with van der Waals surface area (Å²) in [5, 5.41) is 4.43. The Morgan fingerprint density at radius 3 is 2.24 bits per heavy atom. The zero-order valence-electron chi connectivity index (χ0n) is 17.4. The Balaban J connectivity index is 2.00. The molecular weight excluding hydrogens is 458 g/mol. The van der Waals surface area contributed by atoms with Crippen LogP contribution in [0.2, 0.25) is 0 Å². The van der Waals surface area contributed by atoms with Crippen molar-refractivity contribution in [1.29, 1.82) is 0 Å². The maximum absolute atomic E-state index is 12.5. The molecule has 0 unspecified atom stereocenters. The number of nitrogens with zero attached hydrogens (tertiary/aromatic N) is 1. The number of carbonyl (C=O) groups excluding carboxylic acids is 4. The molecule has 0 saturated carbocycles. The van der Waals surface area contributed by atoms with E-state index in [0.717, 1.165) is 12.3 Å². The molecule has 33 heavy (non-hydrogen) atoms. The number of pyridine rings is 1. The van der Waals surface area contributed by atoms with E-state index in [9.17, 15) is 27.6 Å². The topological polar surface area (TPSA) is 196 Å². The van der Waals surface area contributed by atoms with Crippen molar-refractivity contribution in [2.45, 2.75) is 4.90 Å². The molecule has 0 aliphatic carbocycles. The van der Waals surface area contributed by atoms with E-state index in [0.29, 0.717) is 13.2 Å². The van der Waals surface area contributed by atoms with Crippen LogP contribution in [-0.4, -0.2) is 64.0 Å². The number of aromatic nitrogens is 1. The second-order valence-electron chi connectivity index (χ2n) is 6.23. The maximum atomic E-state index is 12.5. The van der Waals surface area contributed by atoms with E-state index >= 15 is 0 Å². The van der Waals surface area contributed by atoms with Crippen molar-refractivity contribution in [3.05, 3.63) is 53.7 Å². The van der Waals surface area contributed by atoms with Crippen LogP contribution < -0.4 is 25.8 Å². The number of ether oxygens (including phenoxy) is 2. The minimum absolute atomic E-state index is 0.140. The average Bonchev–Trinajstić information content (AvgIpc) is 2.79. The molecule has 1 aromatic carbocycles. The van der Waals surface area contributed by atoms with Gasteiger partial charge in [-0.05, 0) is 30.3 Å². The van der Waals surface area contributed by atoms with Gasteiger partial charge in [0.2, 0.25) is 11.8 Å². The second kappa shape index (κ2) is 11.7. The number of nitrogens with one attached hydrogen (secondary N) is 3. The summed E-state index contributed by atoms with van der Waals surface area (Å²) in [6.45, 7) is 0.202. The van der Waals surface area contributed by atoms with Gasteiger partial charge in [0.1, 0.15) is 0 Å². The molecular formula is C19H21N5O8S. The maximum Gasteiger partial charge on any atom is 0.420 e. The number of rotatable bonds is 9. The molecule has 0 radical (unpaired) electrons. The summed E-state index contributed by atoms with van der Waals surface area (Å²) in [7, 11) is -2.75. The summed E-state index contributed by atoms with van der Waals surface area (Å²) < 4.78 is 36.3. The first-order valence-electron chi connectivity index (χ1n) is 9.28. The lowest BCUT2D eigenvalue weighted by molar-refractivity contribution is -0.118.